The molecule has 20 heavy (non-hydrogen) atoms. The van der Waals surface area contributed by atoms with Gasteiger partial charge in [0.25, 0.3) is 0 Å². The monoisotopic (exact) mass is 278 g/mol. The topological polar surface area (TPSA) is 38.5 Å². The fourth-order valence-electron chi connectivity index (χ4n) is 3.98. The van der Waals surface area contributed by atoms with E-state index in [0.29, 0.717) is 5.92 Å². The molecule has 2 fully saturated rings. The molecule has 1 aromatic rings. The van der Waals surface area contributed by atoms with Crippen molar-refractivity contribution >= 4 is 5.69 Å². The van der Waals surface area contributed by atoms with E-state index < -0.39 is 0 Å². The number of rotatable bonds is 3. The molecule has 1 aromatic carbocycles. The van der Waals surface area contributed by atoms with Gasteiger partial charge in [0.1, 0.15) is 5.82 Å². The zero-order valence-corrected chi connectivity index (χ0v) is 12.4. The highest BCUT2D eigenvalue weighted by Gasteiger charge is 2.67. The van der Waals surface area contributed by atoms with Crippen LogP contribution in [0.4, 0.5) is 10.1 Å². The first-order valence-corrected chi connectivity index (χ1v) is 7.23. The summed E-state index contributed by atoms with van der Waals surface area (Å²) in [5.41, 5.74) is 7.45. The molecule has 110 valence electrons. The zero-order chi connectivity index (χ0) is 14.5. The lowest BCUT2D eigenvalue weighted by atomic mass is 9.48. The molecule has 0 spiro atoms. The zero-order valence-electron chi connectivity index (χ0n) is 12.4. The van der Waals surface area contributed by atoms with Gasteiger partial charge in [-0.3, -0.25) is 0 Å². The van der Waals surface area contributed by atoms with E-state index in [1.54, 1.807) is 12.1 Å². The average molecular weight is 278 g/mol. The van der Waals surface area contributed by atoms with Gasteiger partial charge in [0, 0.05) is 42.8 Å². The van der Waals surface area contributed by atoms with Gasteiger partial charge in [0.05, 0.1) is 6.10 Å². The largest absolute Gasteiger partial charge is 0.377 e. The van der Waals surface area contributed by atoms with Crippen molar-refractivity contribution in [1.29, 1.82) is 0 Å². The number of nitrogens with two attached hydrogens (primary N) is 1. The molecule has 0 amide bonds. The van der Waals surface area contributed by atoms with Crippen molar-refractivity contribution in [3.8, 4) is 0 Å². The molecule has 3 rings (SSSR count). The second kappa shape index (κ2) is 4.43. The third kappa shape index (κ3) is 1.78. The summed E-state index contributed by atoms with van der Waals surface area (Å²) >= 11 is 0. The van der Waals surface area contributed by atoms with Crippen molar-refractivity contribution in [3.05, 3.63) is 30.1 Å². The fraction of sp³-hybridized carbons (Fsp3) is 0.625. The molecule has 1 aliphatic heterocycles. The maximum atomic E-state index is 13.0. The predicted octanol–water partition coefficient (Wildman–Crippen LogP) is 2.40. The van der Waals surface area contributed by atoms with Gasteiger partial charge in [-0.25, -0.2) is 4.39 Å². The van der Waals surface area contributed by atoms with E-state index in [0.717, 1.165) is 25.3 Å². The smallest absolute Gasteiger partial charge is 0.123 e. The van der Waals surface area contributed by atoms with Crippen LogP contribution >= 0.6 is 0 Å². The molecule has 0 aromatic heterocycles. The Bertz CT molecular complexity index is 502. The van der Waals surface area contributed by atoms with Crippen LogP contribution in [0.2, 0.25) is 0 Å². The van der Waals surface area contributed by atoms with Crippen molar-refractivity contribution in [2.24, 2.45) is 17.1 Å². The molecule has 4 heteroatoms. The molecule has 2 N–H and O–H groups in total. The summed E-state index contributed by atoms with van der Waals surface area (Å²) in [5.74, 6) is 0.221. The van der Waals surface area contributed by atoms with E-state index in [-0.39, 0.29) is 22.9 Å². The second-order valence-electron chi connectivity index (χ2n) is 6.78. The normalized spacial score (nSPS) is 34.5. The van der Waals surface area contributed by atoms with Crippen LogP contribution in [0.25, 0.3) is 0 Å². The summed E-state index contributed by atoms with van der Waals surface area (Å²) in [7, 11) is 2.01. The van der Waals surface area contributed by atoms with E-state index in [1.165, 1.54) is 12.1 Å². The second-order valence-corrected chi connectivity index (χ2v) is 6.78. The number of benzene rings is 1. The quantitative estimate of drug-likeness (QED) is 0.922. The van der Waals surface area contributed by atoms with Gasteiger partial charge < -0.3 is 15.4 Å². The minimum absolute atomic E-state index is 0.0253. The summed E-state index contributed by atoms with van der Waals surface area (Å²) in [5, 5.41) is 0. The van der Waals surface area contributed by atoms with Gasteiger partial charge in [-0.2, -0.15) is 0 Å². The van der Waals surface area contributed by atoms with Gasteiger partial charge >= 0.3 is 0 Å². The fourth-order valence-corrected chi connectivity index (χ4v) is 3.98. The van der Waals surface area contributed by atoms with E-state index in [4.69, 9.17) is 10.5 Å². The van der Waals surface area contributed by atoms with Gasteiger partial charge in [-0.15, -0.1) is 0 Å². The standard InChI is InChI=1S/C16H23FN2O/c1-15(2)14-13(8-9-20-14)16(15,18)10-19(3)12-6-4-11(17)5-7-12/h4-7,13-14H,8-10,18H2,1-3H3. The lowest BCUT2D eigenvalue weighted by Crippen LogP contribution is -2.78. The van der Waals surface area contributed by atoms with Crippen molar-refractivity contribution < 1.29 is 9.13 Å². The molecule has 1 saturated carbocycles. The van der Waals surface area contributed by atoms with Crippen LogP contribution in [0, 0.1) is 17.2 Å². The Balaban J connectivity index is 1.78. The Morgan fingerprint density at radius 2 is 2.00 bits per heavy atom. The Kier molecular flexibility index (Phi) is 3.07. The number of ether oxygens (including phenoxy) is 1. The minimum atomic E-state index is -0.253. The first-order valence-electron chi connectivity index (χ1n) is 7.23. The third-order valence-electron chi connectivity index (χ3n) is 5.43. The van der Waals surface area contributed by atoms with Crippen LogP contribution in [0.5, 0.6) is 0 Å². The summed E-state index contributed by atoms with van der Waals surface area (Å²) in [4.78, 5) is 2.12. The predicted molar refractivity (Wildman–Crippen MR) is 78.2 cm³/mol. The van der Waals surface area contributed by atoms with Crippen LogP contribution in [0.15, 0.2) is 24.3 Å². The number of nitrogens with zero attached hydrogens (tertiary/aromatic N) is 1. The van der Waals surface area contributed by atoms with Gasteiger partial charge in [0.15, 0.2) is 0 Å². The van der Waals surface area contributed by atoms with Crippen molar-refractivity contribution in [1.82, 2.24) is 0 Å². The lowest BCUT2D eigenvalue weighted by molar-refractivity contribution is -0.150. The van der Waals surface area contributed by atoms with Crippen molar-refractivity contribution in [2.45, 2.75) is 31.9 Å². The van der Waals surface area contributed by atoms with Crippen LogP contribution in [-0.4, -0.2) is 31.8 Å². The highest BCUT2D eigenvalue weighted by Crippen LogP contribution is 2.58. The Morgan fingerprint density at radius 1 is 1.35 bits per heavy atom. The number of anilines is 1. The number of hydrogen-bond acceptors (Lipinski definition) is 3. The van der Waals surface area contributed by atoms with Crippen molar-refractivity contribution in [3.63, 3.8) is 0 Å². The SMILES string of the molecule is CN(CC1(N)C2CCOC2C1(C)C)c1ccc(F)cc1. The summed E-state index contributed by atoms with van der Waals surface area (Å²) in [6, 6.07) is 6.57. The van der Waals surface area contributed by atoms with Crippen LogP contribution in [0.3, 0.4) is 0 Å². The molecule has 1 heterocycles. The number of likely N-dealkylation sites (N-methyl/N-ethyl adjacent to an activating group) is 1. The molecule has 1 aliphatic carbocycles. The number of fused-ring (bicyclic) bond motifs is 1. The summed E-state index contributed by atoms with van der Waals surface area (Å²) < 4.78 is 18.8. The Hall–Kier alpha value is -1.13. The molecular weight excluding hydrogens is 255 g/mol. The molecule has 0 bridgehead atoms. The van der Waals surface area contributed by atoms with Crippen LogP contribution in [-0.2, 0) is 4.74 Å². The van der Waals surface area contributed by atoms with Crippen LogP contribution < -0.4 is 10.6 Å². The highest BCUT2D eigenvalue weighted by molar-refractivity contribution is 5.46. The highest BCUT2D eigenvalue weighted by atomic mass is 19.1. The molecule has 1 saturated heterocycles. The maximum Gasteiger partial charge on any atom is 0.123 e. The number of hydrogen-bond donors (Lipinski definition) is 1. The van der Waals surface area contributed by atoms with E-state index in [2.05, 4.69) is 18.7 Å². The summed E-state index contributed by atoms with van der Waals surface area (Å²) in [6.07, 6.45) is 1.33. The molecular formula is C16H23FN2O. The minimum Gasteiger partial charge on any atom is -0.377 e. The maximum absolute atomic E-state index is 13.0. The van der Waals surface area contributed by atoms with E-state index in [9.17, 15) is 4.39 Å². The average Bonchev–Trinajstić information content (AvgIpc) is 2.87. The molecule has 0 radical (unpaired) electrons. The summed E-state index contributed by atoms with van der Waals surface area (Å²) in [6.45, 7) is 5.96. The van der Waals surface area contributed by atoms with E-state index >= 15 is 0 Å². The lowest BCUT2D eigenvalue weighted by Gasteiger charge is -2.63. The molecule has 3 unspecified atom stereocenters. The first kappa shape index (κ1) is 13.8. The van der Waals surface area contributed by atoms with E-state index in [1.807, 2.05) is 7.05 Å². The van der Waals surface area contributed by atoms with Gasteiger partial charge in [-0.1, -0.05) is 13.8 Å². The van der Waals surface area contributed by atoms with Crippen LogP contribution in [0.1, 0.15) is 20.3 Å². The number of halogens is 1. The first-order chi connectivity index (χ1) is 9.36. The molecule has 3 nitrogen and oxygen atoms in total. The molecule has 2 aliphatic rings. The van der Waals surface area contributed by atoms with Gasteiger partial charge in [0.2, 0.25) is 0 Å². The molecule has 3 atom stereocenters. The third-order valence-corrected chi connectivity index (χ3v) is 5.43. The Labute approximate surface area is 119 Å². The van der Waals surface area contributed by atoms with Gasteiger partial charge in [-0.05, 0) is 30.7 Å². The van der Waals surface area contributed by atoms with Crippen molar-refractivity contribution in [2.75, 3.05) is 25.1 Å². The Morgan fingerprint density at radius 3 is 2.65 bits per heavy atom.